The predicted molar refractivity (Wildman–Crippen MR) is 62.0 cm³/mol. The third-order valence-electron chi connectivity index (χ3n) is 2.61. The molecule has 1 rings (SSSR count). The molecule has 0 aliphatic rings. The van der Waals surface area contributed by atoms with Gasteiger partial charge in [0.2, 0.25) is 17.4 Å². The number of rotatable bonds is 6. The number of terminal acetylenes is 1. The summed E-state index contributed by atoms with van der Waals surface area (Å²) in [7, 11) is 0. The quantitative estimate of drug-likeness (QED) is 0.380. The standard InChI is InChI=1S/C13H11F5O3/c1-3-6(2)20-5-7(19)4-8-9(14)10(15)11(16)12(17)13(8)21-18/h1,6-7,19H,4-5H2,2H3. The summed E-state index contributed by atoms with van der Waals surface area (Å²) >= 11 is 0. The third kappa shape index (κ3) is 3.83. The third-order valence-corrected chi connectivity index (χ3v) is 2.61. The van der Waals surface area contributed by atoms with Crippen LogP contribution in [0.3, 0.4) is 0 Å². The van der Waals surface area contributed by atoms with Gasteiger partial charge in [0, 0.05) is 16.5 Å². The Morgan fingerprint density at radius 1 is 1.14 bits per heavy atom. The maximum absolute atomic E-state index is 13.5. The molecule has 0 heterocycles. The number of hydrogen-bond donors (Lipinski definition) is 1. The first-order valence-corrected chi connectivity index (χ1v) is 5.72. The van der Waals surface area contributed by atoms with Crippen LogP contribution >= 0.6 is 0 Å². The monoisotopic (exact) mass is 310 g/mol. The number of ether oxygens (including phenoxy) is 1. The van der Waals surface area contributed by atoms with Gasteiger partial charge in [-0.25, -0.2) is 13.2 Å². The molecular formula is C13H11F5O3. The van der Waals surface area contributed by atoms with E-state index in [2.05, 4.69) is 10.9 Å². The molecule has 0 bridgehead atoms. The van der Waals surface area contributed by atoms with Crippen molar-refractivity contribution >= 4 is 0 Å². The molecule has 0 radical (unpaired) electrons. The van der Waals surface area contributed by atoms with E-state index in [4.69, 9.17) is 11.2 Å². The van der Waals surface area contributed by atoms with E-state index >= 15 is 0 Å². The predicted octanol–water partition coefficient (Wildman–Crippen LogP) is 2.45. The molecule has 1 aromatic carbocycles. The average molecular weight is 310 g/mol. The Balaban J connectivity index is 3.00. The zero-order valence-corrected chi connectivity index (χ0v) is 10.8. The van der Waals surface area contributed by atoms with E-state index in [0.29, 0.717) is 0 Å². The molecule has 2 atom stereocenters. The molecule has 116 valence electrons. The van der Waals surface area contributed by atoms with Crippen molar-refractivity contribution in [2.24, 2.45) is 0 Å². The summed E-state index contributed by atoms with van der Waals surface area (Å²) in [5, 5.41) is 9.57. The van der Waals surface area contributed by atoms with E-state index in [1.165, 1.54) is 6.92 Å². The van der Waals surface area contributed by atoms with Gasteiger partial charge in [-0.05, 0) is 6.92 Å². The summed E-state index contributed by atoms with van der Waals surface area (Å²) in [4.78, 5) is 3.03. The van der Waals surface area contributed by atoms with E-state index < -0.39 is 59.8 Å². The highest BCUT2D eigenvalue weighted by Crippen LogP contribution is 2.31. The highest BCUT2D eigenvalue weighted by atomic mass is 19.3. The van der Waals surface area contributed by atoms with Crippen LogP contribution in [0.25, 0.3) is 0 Å². The number of benzene rings is 1. The SMILES string of the molecule is C#CC(C)OCC(O)Cc1c(F)c(F)c(F)c(F)c1OF. The molecule has 0 saturated carbocycles. The first kappa shape index (κ1) is 17.2. The minimum absolute atomic E-state index is 0.406. The van der Waals surface area contributed by atoms with E-state index in [1.807, 2.05) is 0 Å². The summed E-state index contributed by atoms with van der Waals surface area (Å²) in [6, 6.07) is 0. The van der Waals surface area contributed by atoms with Crippen molar-refractivity contribution in [2.75, 3.05) is 6.61 Å². The number of halogens is 5. The highest BCUT2D eigenvalue weighted by Gasteiger charge is 2.28. The fourth-order valence-corrected chi connectivity index (χ4v) is 1.52. The zero-order chi connectivity index (χ0) is 16.2. The van der Waals surface area contributed by atoms with Crippen molar-refractivity contribution in [3.63, 3.8) is 0 Å². The van der Waals surface area contributed by atoms with Crippen molar-refractivity contribution in [2.45, 2.75) is 25.6 Å². The summed E-state index contributed by atoms with van der Waals surface area (Å²) in [6.45, 7) is 1.08. The van der Waals surface area contributed by atoms with E-state index in [1.54, 1.807) is 0 Å². The summed E-state index contributed by atoms with van der Waals surface area (Å²) in [6.07, 6.45) is 2.11. The second-order valence-corrected chi connectivity index (χ2v) is 4.14. The number of hydrogen-bond acceptors (Lipinski definition) is 3. The fraction of sp³-hybridized carbons (Fsp3) is 0.385. The van der Waals surface area contributed by atoms with Gasteiger partial charge in [0.15, 0.2) is 11.6 Å². The first-order valence-electron chi connectivity index (χ1n) is 5.72. The van der Waals surface area contributed by atoms with Gasteiger partial charge in [-0.3, -0.25) is 4.94 Å². The lowest BCUT2D eigenvalue weighted by Crippen LogP contribution is -2.22. The maximum atomic E-state index is 13.5. The Labute approximate surface area is 117 Å². The lowest BCUT2D eigenvalue weighted by Gasteiger charge is -2.15. The van der Waals surface area contributed by atoms with E-state index in [0.717, 1.165) is 0 Å². The second kappa shape index (κ2) is 7.24. The van der Waals surface area contributed by atoms with Gasteiger partial charge in [0.25, 0.3) is 0 Å². The van der Waals surface area contributed by atoms with Crippen LogP contribution in [0.5, 0.6) is 5.75 Å². The second-order valence-electron chi connectivity index (χ2n) is 4.14. The Morgan fingerprint density at radius 2 is 1.71 bits per heavy atom. The molecule has 0 fully saturated rings. The lowest BCUT2D eigenvalue weighted by atomic mass is 10.1. The molecule has 3 nitrogen and oxygen atoms in total. The van der Waals surface area contributed by atoms with E-state index in [-0.39, 0.29) is 0 Å². The van der Waals surface area contributed by atoms with E-state index in [9.17, 15) is 27.2 Å². The molecule has 0 saturated heterocycles. The molecule has 0 aliphatic heterocycles. The molecule has 0 aromatic heterocycles. The molecule has 0 aliphatic carbocycles. The van der Waals surface area contributed by atoms with Crippen molar-refractivity contribution in [3.8, 4) is 18.1 Å². The minimum atomic E-state index is -2.21. The highest BCUT2D eigenvalue weighted by molar-refractivity contribution is 5.38. The maximum Gasteiger partial charge on any atom is 0.216 e. The fourth-order valence-electron chi connectivity index (χ4n) is 1.52. The van der Waals surface area contributed by atoms with Gasteiger partial charge in [-0.15, -0.1) is 6.42 Å². The molecule has 2 unspecified atom stereocenters. The number of aliphatic hydroxyl groups is 1. The Hall–Kier alpha value is -1.85. The first-order chi connectivity index (χ1) is 9.83. The zero-order valence-electron chi connectivity index (χ0n) is 10.8. The molecule has 21 heavy (non-hydrogen) atoms. The van der Waals surface area contributed by atoms with Crippen LogP contribution in [-0.2, 0) is 11.2 Å². The van der Waals surface area contributed by atoms with Crippen molar-refractivity contribution in [1.29, 1.82) is 0 Å². The lowest BCUT2D eigenvalue weighted by molar-refractivity contribution is -0.0158. The van der Waals surface area contributed by atoms with Crippen LogP contribution in [0.2, 0.25) is 0 Å². The van der Waals surface area contributed by atoms with Crippen LogP contribution in [0.1, 0.15) is 12.5 Å². The molecule has 1 aromatic rings. The van der Waals surface area contributed by atoms with Crippen LogP contribution in [0.15, 0.2) is 0 Å². The van der Waals surface area contributed by atoms with Gasteiger partial charge in [0.05, 0.1) is 12.7 Å². The summed E-state index contributed by atoms with van der Waals surface area (Å²) < 4.78 is 69.9. The van der Waals surface area contributed by atoms with Crippen molar-refractivity contribution in [1.82, 2.24) is 0 Å². The van der Waals surface area contributed by atoms with Crippen LogP contribution in [0.4, 0.5) is 22.1 Å². The van der Waals surface area contributed by atoms with Crippen LogP contribution in [0, 0.1) is 35.6 Å². The van der Waals surface area contributed by atoms with Crippen LogP contribution in [-0.4, -0.2) is 23.9 Å². The average Bonchev–Trinajstić information content (AvgIpc) is 2.48. The van der Waals surface area contributed by atoms with Crippen molar-refractivity contribution in [3.05, 3.63) is 28.8 Å². The Bertz CT molecular complexity index is 556. The molecule has 8 heteroatoms. The summed E-state index contributed by atoms with van der Waals surface area (Å²) in [5.41, 5.74) is -0.988. The van der Waals surface area contributed by atoms with Gasteiger partial charge < -0.3 is 9.84 Å². The Kier molecular flexibility index (Phi) is 5.93. The van der Waals surface area contributed by atoms with Gasteiger partial charge in [-0.1, -0.05) is 5.92 Å². The molecular weight excluding hydrogens is 299 g/mol. The molecule has 0 amide bonds. The van der Waals surface area contributed by atoms with Crippen molar-refractivity contribution < 1.29 is 36.9 Å². The van der Waals surface area contributed by atoms with Crippen LogP contribution < -0.4 is 4.94 Å². The Morgan fingerprint density at radius 3 is 2.24 bits per heavy atom. The topological polar surface area (TPSA) is 38.7 Å². The normalized spacial score (nSPS) is 13.6. The number of aliphatic hydroxyl groups excluding tert-OH is 1. The molecule has 0 spiro atoms. The molecule has 1 N–H and O–H groups in total. The van der Waals surface area contributed by atoms with Gasteiger partial charge >= 0.3 is 0 Å². The summed E-state index contributed by atoms with van der Waals surface area (Å²) in [5.74, 6) is -7.51. The van der Waals surface area contributed by atoms with Gasteiger partial charge in [0.1, 0.15) is 6.10 Å². The minimum Gasteiger partial charge on any atom is -0.390 e. The largest absolute Gasteiger partial charge is 0.390 e. The smallest absolute Gasteiger partial charge is 0.216 e. The van der Waals surface area contributed by atoms with Gasteiger partial charge in [-0.2, -0.15) is 4.39 Å².